The number of aromatic nitrogens is 3. The lowest BCUT2D eigenvalue weighted by molar-refractivity contribution is -0.125. The number of rotatable bonds is 6. The molecule has 1 amide bonds. The average molecular weight is 403 g/mol. The second-order valence-electron chi connectivity index (χ2n) is 7.36. The fraction of sp³-hybridized carbons (Fsp3) is 0.304. The number of ether oxygens (including phenoxy) is 1. The summed E-state index contributed by atoms with van der Waals surface area (Å²) in [7, 11) is 1.65. The molecule has 1 saturated heterocycles. The normalized spacial score (nSPS) is 16.2. The molecule has 1 aliphatic rings. The molecule has 3 heterocycles. The van der Waals surface area contributed by atoms with Gasteiger partial charge in [-0.25, -0.2) is 0 Å². The van der Waals surface area contributed by atoms with Crippen molar-refractivity contribution in [2.45, 2.75) is 19.4 Å². The highest BCUT2D eigenvalue weighted by atomic mass is 16.5. The molecule has 1 N–H and O–H groups in total. The maximum atomic E-state index is 12.6. The fourth-order valence-corrected chi connectivity index (χ4v) is 3.64. The molecule has 0 aliphatic carbocycles. The number of methoxy groups -OCH3 is 1. The van der Waals surface area contributed by atoms with E-state index in [4.69, 9.17) is 4.74 Å². The van der Waals surface area contributed by atoms with Crippen LogP contribution in [0.3, 0.4) is 0 Å². The Bertz CT molecular complexity index is 961. The van der Waals surface area contributed by atoms with Crippen LogP contribution in [0.5, 0.6) is 5.75 Å². The predicted octanol–water partition coefficient (Wildman–Crippen LogP) is 3.08. The summed E-state index contributed by atoms with van der Waals surface area (Å²) in [5.41, 5.74) is 2.85. The van der Waals surface area contributed by atoms with E-state index in [1.807, 2.05) is 48.5 Å². The highest BCUT2D eigenvalue weighted by molar-refractivity contribution is 5.79. The Hall–Kier alpha value is -3.48. The lowest BCUT2D eigenvalue weighted by Gasteiger charge is -2.32. The average Bonchev–Trinajstić information content (AvgIpc) is 2.83. The first-order valence-corrected chi connectivity index (χ1v) is 10.1. The van der Waals surface area contributed by atoms with Gasteiger partial charge in [0.1, 0.15) is 5.75 Å². The molecular weight excluding hydrogens is 378 g/mol. The summed E-state index contributed by atoms with van der Waals surface area (Å²) in [4.78, 5) is 18.8. The van der Waals surface area contributed by atoms with Crippen molar-refractivity contribution in [3.05, 3.63) is 66.5 Å². The Kier molecular flexibility index (Phi) is 6.17. The van der Waals surface area contributed by atoms with Gasteiger partial charge in [0, 0.05) is 37.6 Å². The highest BCUT2D eigenvalue weighted by Crippen LogP contribution is 2.24. The van der Waals surface area contributed by atoms with Crippen molar-refractivity contribution in [1.29, 1.82) is 0 Å². The number of pyridine rings is 1. The minimum absolute atomic E-state index is 0.0522. The van der Waals surface area contributed by atoms with Crippen LogP contribution in [0.4, 0.5) is 5.82 Å². The van der Waals surface area contributed by atoms with Crippen LogP contribution in [-0.4, -0.2) is 41.3 Å². The van der Waals surface area contributed by atoms with Gasteiger partial charge in [-0.2, -0.15) is 0 Å². The van der Waals surface area contributed by atoms with E-state index in [9.17, 15) is 4.79 Å². The molecule has 1 atom stereocenters. The SMILES string of the molecule is COc1ccc(-c2ccc(N3CCCC(C(=O)NCc4ccncc4)C3)nn2)cc1. The molecule has 30 heavy (non-hydrogen) atoms. The number of nitrogens with one attached hydrogen (secondary N) is 1. The van der Waals surface area contributed by atoms with E-state index in [0.717, 1.165) is 47.8 Å². The first-order valence-electron chi connectivity index (χ1n) is 10.1. The number of piperidine rings is 1. The van der Waals surface area contributed by atoms with Crippen molar-refractivity contribution < 1.29 is 9.53 Å². The summed E-state index contributed by atoms with van der Waals surface area (Å²) in [6.07, 6.45) is 5.31. The molecule has 0 bridgehead atoms. The number of benzene rings is 1. The van der Waals surface area contributed by atoms with Crippen LogP contribution in [0.1, 0.15) is 18.4 Å². The topological polar surface area (TPSA) is 80.2 Å². The number of hydrogen-bond acceptors (Lipinski definition) is 6. The molecule has 3 aromatic rings. The first kappa shape index (κ1) is 19.8. The zero-order valence-corrected chi connectivity index (χ0v) is 17.0. The predicted molar refractivity (Wildman–Crippen MR) is 115 cm³/mol. The van der Waals surface area contributed by atoms with E-state index in [2.05, 4.69) is 25.4 Å². The van der Waals surface area contributed by atoms with Gasteiger partial charge in [0.2, 0.25) is 5.91 Å². The second kappa shape index (κ2) is 9.35. The number of anilines is 1. The third-order valence-electron chi connectivity index (χ3n) is 5.37. The number of hydrogen-bond donors (Lipinski definition) is 1. The molecule has 154 valence electrons. The molecule has 7 heteroatoms. The third-order valence-corrected chi connectivity index (χ3v) is 5.37. The van der Waals surface area contributed by atoms with Crippen molar-refractivity contribution in [2.24, 2.45) is 5.92 Å². The van der Waals surface area contributed by atoms with Crippen LogP contribution in [-0.2, 0) is 11.3 Å². The summed E-state index contributed by atoms with van der Waals surface area (Å²) in [6, 6.07) is 15.5. The van der Waals surface area contributed by atoms with Crippen molar-refractivity contribution >= 4 is 11.7 Å². The van der Waals surface area contributed by atoms with E-state index in [1.54, 1.807) is 19.5 Å². The highest BCUT2D eigenvalue weighted by Gasteiger charge is 2.26. The first-order chi connectivity index (χ1) is 14.7. The molecule has 0 spiro atoms. The van der Waals surface area contributed by atoms with E-state index >= 15 is 0 Å². The summed E-state index contributed by atoms with van der Waals surface area (Å²) < 4.78 is 5.20. The molecule has 1 unspecified atom stereocenters. The Labute approximate surface area is 176 Å². The van der Waals surface area contributed by atoms with Gasteiger partial charge in [-0.15, -0.1) is 10.2 Å². The van der Waals surface area contributed by atoms with E-state index in [1.165, 1.54) is 0 Å². The van der Waals surface area contributed by atoms with Gasteiger partial charge in [0.05, 0.1) is 18.7 Å². The van der Waals surface area contributed by atoms with E-state index in [0.29, 0.717) is 13.1 Å². The Morgan fingerprint density at radius 3 is 2.60 bits per heavy atom. The summed E-state index contributed by atoms with van der Waals surface area (Å²) in [5, 5.41) is 11.8. The number of carbonyl (C=O) groups is 1. The molecule has 0 radical (unpaired) electrons. The van der Waals surface area contributed by atoms with Crippen LogP contribution < -0.4 is 15.0 Å². The number of carbonyl (C=O) groups excluding carboxylic acids is 1. The van der Waals surface area contributed by atoms with Gasteiger partial charge in [-0.1, -0.05) is 0 Å². The lowest BCUT2D eigenvalue weighted by atomic mass is 9.97. The van der Waals surface area contributed by atoms with Crippen LogP contribution in [0, 0.1) is 5.92 Å². The van der Waals surface area contributed by atoms with E-state index < -0.39 is 0 Å². The maximum absolute atomic E-state index is 12.6. The molecule has 1 aliphatic heterocycles. The van der Waals surface area contributed by atoms with Crippen LogP contribution in [0.15, 0.2) is 60.9 Å². The smallest absolute Gasteiger partial charge is 0.225 e. The van der Waals surface area contributed by atoms with Gasteiger partial charge in [-0.05, 0) is 66.9 Å². The van der Waals surface area contributed by atoms with Crippen LogP contribution in [0.2, 0.25) is 0 Å². The molecule has 7 nitrogen and oxygen atoms in total. The van der Waals surface area contributed by atoms with Gasteiger partial charge >= 0.3 is 0 Å². The van der Waals surface area contributed by atoms with Crippen molar-refractivity contribution in [3.8, 4) is 17.0 Å². The number of amides is 1. The number of nitrogens with zero attached hydrogens (tertiary/aromatic N) is 4. The minimum Gasteiger partial charge on any atom is -0.497 e. The molecule has 1 aromatic carbocycles. The van der Waals surface area contributed by atoms with Gasteiger partial charge < -0.3 is 15.0 Å². The van der Waals surface area contributed by atoms with Gasteiger partial charge in [0.25, 0.3) is 0 Å². The largest absolute Gasteiger partial charge is 0.497 e. The van der Waals surface area contributed by atoms with Crippen molar-refractivity contribution in [1.82, 2.24) is 20.5 Å². The Balaban J connectivity index is 1.37. The zero-order valence-electron chi connectivity index (χ0n) is 17.0. The Morgan fingerprint density at radius 1 is 1.10 bits per heavy atom. The maximum Gasteiger partial charge on any atom is 0.225 e. The summed E-state index contributed by atoms with van der Waals surface area (Å²) in [5.74, 6) is 1.65. The van der Waals surface area contributed by atoms with Crippen molar-refractivity contribution in [2.75, 3.05) is 25.1 Å². The zero-order chi connectivity index (χ0) is 20.8. The second-order valence-corrected chi connectivity index (χ2v) is 7.36. The van der Waals surface area contributed by atoms with E-state index in [-0.39, 0.29) is 11.8 Å². The van der Waals surface area contributed by atoms with Crippen LogP contribution >= 0.6 is 0 Å². The minimum atomic E-state index is -0.0522. The summed E-state index contributed by atoms with van der Waals surface area (Å²) >= 11 is 0. The van der Waals surface area contributed by atoms with Gasteiger partial charge in [0.15, 0.2) is 5.82 Å². The lowest BCUT2D eigenvalue weighted by Crippen LogP contribution is -2.43. The standard InChI is InChI=1S/C23H25N5O2/c1-30-20-6-4-18(5-7-20)21-8-9-22(27-26-21)28-14-2-3-19(16-28)23(29)25-15-17-10-12-24-13-11-17/h4-13,19H,2-3,14-16H2,1H3,(H,25,29). The quantitative estimate of drug-likeness (QED) is 0.681. The molecular formula is C23H25N5O2. The third kappa shape index (κ3) is 4.74. The molecule has 4 rings (SSSR count). The molecule has 1 fully saturated rings. The van der Waals surface area contributed by atoms with Crippen molar-refractivity contribution in [3.63, 3.8) is 0 Å². The monoisotopic (exact) mass is 403 g/mol. The Morgan fingerprint density at radius 2 is 1.90 bits per heavy atom. The molecule has 2 aromatic heterocycles. The van der Waals surface area contributed by atoms with Gasteiger partial charge in [-0.3, -0.25) is 9.78 Å². The summed E-state index contributed by atoms with van der Waals surface area (Å²) in [6.45, 7) is 2.05. The molecule has 0 saturated carbocycles. The van der Waals surface area contributed by atoms with Crippen LogP contribution in [0.25, 0.3) is 11.3 Å². The fourth-order valence-electron chi connectivity index (χ4n) is 3.64.